The Morgan fingerprint density at radius 2 is 1.78 bits per heavy atom. The molecule has 0 radical (unpaired) electrons. The Bertz CT molecular complexity index is 557. The highest BCUT2D eigenvalue weighted by Crippen LogP contribution is 2.31. The molecular weight excluding hydrogens is 361 g/mol. The summed E-state index contributed by atoms with van der Waals surface area (Å²) >= 11 is 6.93. The summed E-state index contributed by atoms with van der Waals surface area (Å²) in [4.78, 5) is 0. The molecule has 1 nitrogen and oxygen atoms in total. The predicted molar refractivity (Wildman–Crippen MR) is 79.1 cm³/mol. The summed E-state index contributed by atoms with van der Waals surface area (Å²) in [6.45, 7) is 0. The summed E-state index contributed by atoms with van der Waals surface area (Å²) in [7, 11) is 1.82. The van der Waals surface area contributed by atoms with Crippen molar-refractivity contribution in [3.63, 3.8) is 0 Å². The SMILES string of the molecule is CNC(c1ccccc1F)c1ccc(Br)cc1Br. The Hall–Kier alpha value is -0.710. The fraction of sp³-hybridized carbons (Fsp3) is 0.143. The Morgan fingerprint density at radius 1 is 1.06 bits per heavy atom. The summed E-state index contributed by atoms with van der Waals surface area (Å²) in [6.07, 6.45) is 0. The molecule has 1 N–H and O–H groups in total. The van der Waals surface area contributed by atoms with Gasteiger partial charge in [-0.05, 0) is 30.8 Å². The van der Waals surface area contributed by atoms with E-state index < -0.39 is 0 Å². The van der Waals surface area contributed by atoms with Crippen molar-refractivity contribution in [2.45, 2.75) is 6.04 Å². The third kappa shape index (κ3) is 2.82. The fourth-order valence-corrected chi connectivity index (χ4v) is 3.20. The molecule has 0 amide bonds. The largest absolute Gasteiger partial charge is 0.309 e. The zero-order valence-corrected chi connectivity index (χ0v) is 12.9. The van der Waals surface area contributed by atoms with Gasteiger partial charge >= 0.3 is 0 Å². The monoisotopic (exact) mass is 371 g/mol. The third-order valence-corrected chi connectivity index (χ3v) is 3.96. The van der Waals surface area contributed by atoms with Crippen LogP contribution in [0.5, 0.6) is 0 Å². The van der Waals surface area contributed by atoms with Crippen LogP contribution in [0.25, 0.3) is 0 Å². The van der Waals surface area contributed by atoms with E-state index in [1.54, 1.807) is 12.1 Å². The molecule has 0 heterocycles. The first-order chi connectivity index (χ1) is 8.63. The molecule has 0 fully saturated rings. The number of halogens is 3. The first-order valence-corrected chi connectivity index (χ1v) is 7.08. The summed E-state index contributed by atoms with van der Waals surface area (Å²) in [5, 5.41) is 3.15. The van der Waals surface area contributed by atoms with E-state index in [9.17, 15) is 4.39 Å². The second-order valence-corrected chi connectivity index (χ2v) is 5.68. The van der Waals surface area contributed by atoms with Crippen molar-refractivity contribution < 1.29 is 4.39 Å². The molecule has 0 aromatic heterocycles. The van der Waals surface area contributed by atoms with Crippen molar-refractivity contribution in [3.8, 4) is 0 Å². The summed E-state index contributed by atoms with van der Waals surface area (Å²) < 4.78 is 15.8. The van der Waals surface area contributed by atoms with Crippen LogP contribution in [0.2, 0.25) is 0 Å². The second-order valence-electron chi connectivity index (χ2n) is 3.91. The molecule has 94 valence electrons. The highest BCUT2D eigenvalue weighted by Gasteiger charge is 2.18. The van der Waals surface area contributed by atoms with Crippen LogP contribution in [-0.4, -0.2) is 7.05 Å². The van der Waals surface area contributed by atoms with Crippen LogP contribution in [0.15, 0.2) is 51.4 Å². The van der Waals surface area contributed by atoms with Crippen molar-refractivity contribution >= 4 is 31.9 Å². The first-order valence-electron chi connectivity index (χ1n) is 5.50. The van der Waals surface area contributed by atoms with Crippen molar-refractivity contribution in [1.82, 2.24) is 5.32 Å². The second kappa shape index (κ2) is 5.95. The molecule has 2 aromatic carbocycles. The summed E-state index contributed by atoms with van der Waals surface area (Å²) in [6, 6.07) is 12.5. The molecule has 0 aliphatic rings. The van der Waals surface area contributed by atoms with Crippen molar-refractivity contribution in [3.05, 3.63) is 68.4 Å². The molecule has 0 aliphatic carbocycles. The van der Waals surface area contributed by atoms with Gasteiger partial charge in [0, 0.05) is 14.5 Å². The Kier molecular flexibility index (Phi) is 4.54. The minimum absolute atomic E-state index is 0.173. The van der Waals surface area contributed by atoms with E-state index in [-0.39, 0.29) is 11.9 Å². The molecule has 4 heteroatoms. The Morgan fingerprint density at radius 3 is 2.39 bits per heavy atom. The van der Waals surface area contributed by atoms with Gasteiger partial charge in [-0.3, -0.25) is 0 Å². The normalized spacial score (nSPS) is 12.4. The van der Waals surface area contributed by atoms with E-state index >= 15 is 0 Å². The maximum Gasteiger partial charge on any atom is 0.128 e. The number of hydrogen-bond acceptors (Lipinski definition) is 1. The molecule has 18 heavy (non-hydrogen) atoms. The lowest BCUT2D eigenvalue weighted by molar-refractivity contribution is 0.575. The average Bonchev–Trinajstić information content (AvgIpc) is 2.34. The van der Waals surface area contributed by atoms with Gasteiger partial charge in [-0.25, -0.2) is 4.39 Å². The lowest BCUT2D eigenvalue weighted by atomic mass is 9.98. The molecule has 0 aliphatic heterocycles. The molecule has 0 bridgehead atoms. The number of rotatable bonds is 3. The molecule has 0 saturated carbocycles. The van der Waals surface area contributed by atoms with Gasteiger partial charge in [-0.2, -0.15) is 0 Å². The minimum Gasteiger partial charge on any atom is -0.309 e. The molecule has 0 spiro atoms. The zero-order chi connectivity index (χ0) is 13.1. The Labute approximate surface area is 123 Å². The van der Waals surface area contributed by atoms with Crippen LogP contribution in [0, 0.1) is 5.82 Å². The molecule has 1 unspecified atom stereocenters. The third-order valence-electron chi connectivity index (χ3n) is 2.78. The molecule has 0 saturated heterocycles. The highest BCUT2D eigenvalue weighted by atomic mass is 79.9. The van der Waals surface area contributed by atoms with Crippen LogP contribution < -0.4 is 5.32 Å². The van der Waals surface area contributed by atoms with Gasteiger partial charge in [0.25, 0.3) is 0 Å². The quantitative estimate of drug-likeness (QED) is 0.826. The van der Waals surface area contributed by atoms with Gasteiger partial charge in [-0.1, -0.05) is 56.1 Å². The molecule has 2 aromatic rings. The molecule has 2 rings (SSSR count). The fourth-order valence-electron chi connectivity index (χ4n) is 1.92. The van der Waals surface area contributed by atoms with Gasteiger partial charge in [0.1, 0.15) is 5.82 Å². The maximum atomic E-state index is 13.9. The van der Waals surface area contributed by atoms with Crippen molar-refractivity contribution in [2.75, 3.05) is 7.05 Å². The van der Waals surface area contributed by atoms with Gasteiger partial charge in [0.2, 0.25) is 0 Å². The van der Waals surface area contributed by atoms with Gasteiger partial charge in [-0.15, -0.1) is 0 Å². The number of benzene rings is 2. The standard InChI is InChI=1S/C14H12Br2FN/c1-18-14(11-4-2-3-5-13(11)17)10-7-6-9(15)8-12(10)16/h2-8,14,18H,1H3. The van der Waals surface area contributed by atoms with Crippen LogP contribution in [0.3, 0.4) is 0 Å². The summed E-state index contributed by atoms with van der Waals surface area (Å²) in [5.74, 6) is -0.202. The van der Waals surface area contributed by atoms with Crippen LogP contribution in [-0.2, 0) is 0 Å². The smallest absolute Gasteiger partial charge is 0.128 e. The van der Waals surface area contributed by atoms with E-state index in [0.717, 1.165) is 14.5 Å². The highest BCUT2D eigenvalue weighted by molar-refractivity contribution is 9.11. The van der Waals surface area contributed by atoms with Crippen LogP contribution >= 0.6 is 31.9 Å². The topological polar surface area (TPSA) is 12.0 Å². The summed E-state index contributed by atoms with van der Waals surface area (Å²) in [5.41, 5.74) is 1.65. The van der Waals surface area contributed by atoms with E-state index in [0.29, 0.717) is 5.56 Å². The Balaban J connectivity index is 2.49. The van der Waals surface area contributed by atoms with Gasteiger partial charge in [0.05, 0.1) is 6.04 Å². The van der Waals surface area contributed by atoms with E-state index in [4.69, 9.17) is 0 Å². The lowest BCUT2D eigenvalue weighted by Crippen LogP contribution is -2.19. The number of hydrogen-bond donors (Lipinski definition) is 1. The molecular formula is C14H12Br2FN. The van der Waals surface area contributed by atoms with Gasteiger partial charge < -0.3 is 5.32 Å². The van der Waals surface area contributed by atoms with E-state index in [1.165, 1.54) is 6.07 Å². The average molecular weight is 373 g/mol. The van der Waals surface area contributed by atoms with Crippen LogP contribution in [0.4, 0.5) is 4.39 Å². The van der Waals surface area contributed by atoms with Crippen molar-refractivity contribution in [1.29, 1.82) is 0 Å². The lowest BCUT2D eigenvalue weighted by Gasteiger charge is -2.19. The first kappa shape index (κ1) is 13.7. The van der Waals surface area contributed by atoms with E-state index in [1.807, 2.05) is 31.3 Å². The number of nitrogens with one attached hydrogen (secondary N) is 1. The van der Waals surface area contributed by atoms with Crippen LogP contribution in [0.1, 0.15) is 17.2 Å². The van der Waals surface area contributed by atoms with E-state index in [2.05, 4.69) is 37.2 Å². The molecule has 1 atom stereocenters. The van der Waals surface area contributed by atoms with Gasteiger partial charge in [0.15, 0.2) is 0 Å². The zero-order valence-electron chi connectivity index (χ0n) is 9.75. The predicted octanol–water partition coefficient (Wildman–Crippen LogP) is 4.66. The minimum atomic E-state index is -0.202. The van der Waals surface area contributed by atoms with Crippen molar-refractivity contribution in [2.24, 2.45) is 0 Å². The maximum absolute atomic E-state index is 13.9.